The number of hydrogen-bond acceptors (Lipinski definition) is 2. The van der Waals surface area contributed by atoms with Crippen LogP contribution in [0.5, 0.6) is 0 Å². The molecule has 0 spiro atoms. The lowest BCUT2D eigenvalue weighted by atomic mass is 10.0. The largest absolute Gasteiger partial charge is 0.452 e. The highest BCUT2D eigenvalue weighted by atomic mass is 16.3. The molecule has 2 nitrogen and oxygen atoms in total. The van der Waals surface area contributed by atoms with Gasteiger partial charge in [-0.15, -0.1) is 0 Å². The molecule has 0 amide bonds. The smallest absolute Gasteiger partial charge is 0.180 e. The van der Waals surface area contributed by atoms with Crippen molar-refractivity contribution in [1.29, 1.82) is 0 Å². The van der Waals surface area contributed by atoms with E-state index in [0.717, 1.165) is 0 Å². The Hall–Kier alpha value is -0.790. The molecule has 0 saturated heterocycles. The molecule has 0 aliphatic rings. The van der Waals surface area contributed by atoms with Gasteiger partial charge in [0.2, 0.25) is 0 Å². The molecular formula is C14H31NO. The Labute approximate surface area is 102 Å². The van der Waals surface area contributed by atoms with E-state index >= 15 is 0 Å². The minimum Gasteiger partial charge on any atom is -0.452 e. The first kappa shape index (κ1) is 20.6. The Morgan fingerprint density at radius 2 is 1.12 bits per heavy atom. The van der Waals surface area contributed by atoms with Crippen molar-refractivity contribution in [1.82, 2.24) is 4.98 Å². The molecule has 2 heteroatoms. The first-order valence-corrected chi connectivity index (χ1v) is 5.32. The maximum atomic E-state index is 4.47. The van der Waals surface area contributed by atoms with Crippen LogP contribution in [0.25, 0.3) is 0 Å². The first-order valence-electron chi connectivity index (χ1n) is 5.32. The summed E-state index contributed by atoms with van der Waals surface area (Å²) in [5, 5.41) is 0. The van der Waals surface area contributed by atoms with Gasteiger partial charge in [-0.1, -0.05) is 62.8 Å². The topological polar surface area (TPSA) is 26.0 Å². The van der Waals surface area contributed by atoms with Crippen molar-refractivity contribution in [2.24, 2.45) is 10.8 Å². The van der Waals surface area contributed by atoms with Crippen molar-refractivity contribution in [2.75, 3.05) is 0 Å². The molecule has 1 heterocycles. The second-order valence-corrected chi connectivity index (χ2v) is 6.68. The first-order chi connectivity index (χ1) is 6.50. The zero-order valence-corrected chi connectivity index (χ0v) is 11.6. The number of rotatable bonds is 0. The van der Waals surface area contributed by atoms with Gasteiger partial charge in [-0.05, 0) is 10.8 Å². The summed E-state index contributed by atoms with van der Waals surface area (Å²) in [6.45, 7) is 17.5. The van der Waals surface area contributed by atoms with Crippen molar-refractivity contribution < 1.29 is 4.42 Å². The van der Waals surface area contributed by atoms with E-state index in [1.165, 1.54) is 12.7 Å². The fourth-order valence-electron chi connectivity index (χ4n) is 0.176. The molecule has 0 atom stereocenters. The van der Waals surface area contributed by atoms with E-state index in [1.54, 1.807) is 6.20 Å². The molecule has 98 valence electrons. The van der Waals surface area contributed by atoms with Gasteiger partial charge in [0, 0.05) is 0 Å². The summed E-state index contributed by atoms with van der Waals surface area (Å²) in [6.07, 6.45) is 4.47. The number of nitrogens with zero attached hydrogens (tertiary/aromatic N) is 1. The van der Waals surface area contributed by atoms with E-state index < -0.39 is 0 Å². The molecule has 16 heavy (non-hydrogen) atoms. The molecule has 0 bridgehead atoms. The molecule has 0 aromatic carbocycles. The van der Waals surface area contributed by atoms with E-state index in [9.17, 15) is 0 Å². The average molecular weight is 229 g/mol. The minimum atomic E-state index is 0. The average Bonchev–Trinajstić information content (AvgIpc) is 2.28. The summed E-state index contributed by atoms with van der Waals surface area (Å²) in [6, 6.07) is 0. The van der Waals surface area contributed by atoms with Gasteiger partial charge in [-0.25, -0.2) is 4.98 Å². The standard InChI is InChI=1S/2C5H12.C3H3NO.CH4/c2*1-5(2,3)4;1-2-5-3-4-1;/h2*1-4H3;1-3H;1H4. The molecule has 0 aliphatic carbocycles. The molecular weight excluding hydrogens is 198 g/mol. The van der Waals surface area contributed by atoms with Crippen molar-refractivity contribution in [3.63, 3.8) is 0 Å². The summed E-state index contributed by atoms with van der Waals surface area (Å²) in [5.74, 6) is 0. The zero-order valence-electron chi connectivity index (χ0n) is 11.6. The summed E-state index contributed by atoms with van der Waals surface area (Å²) in [7, 11) is 0. The van der Waals surface area contributed by atoms with Crippen LogP contribution in [0.4, 0.5) is 0 Å². The second-order valence-electron chi connectivity index (χ2n) is 6.68. The van der Waals surface area contributed by atoms with Crippen molar-refractivity contribution >= 4 is 0 Å². The second kappa shape index (κ2) is 9.44. The molecule has 1 rings (SSSR count). The van der Waals surface area contributed by atoms with E-state index in [4.69, 9.17) is 0 Å². The highest BCUT2D eigenvalue weighted by Gasteiger charge is 1.96. The molecule has 1 aromatic rings. The predicted octanol–water partition coefficient (Wildman–Crippen LogP) is 5.42. The van der Waals surface area contributed by atoms with Crippen LogP contribution < -0.4 is 0 Å². The van der Waals surface area contributed by atoms with E-state index in [2.05, 4.69) is 64.8 Å². The van der Waals surface area contributed by atoms with Crippen molar-refractivity contribution in [3.8, 4) is 0 Å². The third kappa shape index (κ3) is 111. The quantitative estimate of drug-likeness (QED) is 0.594. The lowest BCUT2D eigenvalue weighted by Gasteiger charge is -2.05. The Kier molecular flexibility index (Phi) is 12.2. The van der Waals surface area contributed by atoms with E-state index in [-0.39, 0.29) is 7.43 Å². The van der Waals surface area contributed by atoms with Crippen LogP contribution in [0.2, 0.25) is 0 Å². The van der Waals surface area contributed by atoms with Gasteiger partial charge in [-0.2, -0.15) is 0 Å². The molecule has 0 unspecified atom stereocenters. The molecule has 1 aromatic heterocycles. The summed E-state index contributed by atoms with van der Waals surface area (Å²) >= 11 is 0. The fourth-order valence-corrected chi connectivity index (χ4v) is 0.176. The zero-order chi connectivity index (χ0) is 12.5. The summed E-state index contributed by atoms with van der Waals surface area (Å²) in [4.78, 5) is 3.56. The highest BCUT2D eigenvalue weighted by molar-refractivity contribution is 4.56. The van der Waals surface area contributed by atoms with Crippen LogP contribution in [0.3, 0.4) is 0 Å². The van der Waals surface area contributed by atoms with Crippen LogP contribution in [-0.2, 0) is 0 Å². The molecule has 0 aliphatic heterocycles. The Morgan fingerprint density at radius 3 is 1.19 bits per heavy atom. The van der Waals surface area contributed by atoms with Gasteiger partial charge in [0.15, 0.2) is 6.39 Å². The van der Waals surface area contributed by atoms with Crippen LogP contribution in [0, 0.1) is 10.8 Å². The number of aromatic nitrogens is 1. The van der Waals surface area contributed by atoms with Gasteiger partial charge in [-0.3, -0.25) is 0 Å². The maximum Gasteiger partial charge on any atom is 0.180 e. The SMILES string of the molecule is C.CC(C)(C)C.CC(C)(C)C.c1cocn1. The number of oxazole rings is 1. The molecule has 0 saturated carbocycles. The normalized spacial score (nSPS) is 10.0. The predicted molar refractivity (Wildman–Crippen MR) is 73.5 cm³/mol. The van der Waals surface area contributed by atoms with Gasteiger partial charge in [0.1, 0.15) is 6.26 Å². The third-order valence-corrected chi connectivity index (χ3v) is 0.347. The Bertz CT molecular complexity index is 160. The number of hydrogen-bond donors (Lipinski definition) is 0. The van der Waals surface area contributed by atoms with Gasteiger partial charge in [0.25, 0.3) is 0 Å². The van der Waals surface area contributed by atoms with Gasteiger partial charge < -0.3 is 4.42 Å². The molecule has 0 fully saturated rings. The fraction of sp³-hybridized carbons (Fsp3) is 0.786. The van der Waals surface area contributed by atoms with Crippen LogP contribution >= 0.6 is 0 Å². The lowest BCUT2D eigenvalue weighted by Crippen LogP contribution is -1.93. The molecule has 0 radical (unpaired) electrons. The van der Waals surface area contributed by atoms with Crippen LogP contribution in [-0.4, -0.2) is 4.98 Å². The van der Waals surface area contributed by atoms with Gasteiger partial charge >= 0.3 is 0 Å². The van der Waals surface area contributed by atoms with Crippen LogP contribution in [0.1, 0.15) is 62.8 Å². The van der Waals surface area contributed by atoms with Crippen molar-refractivity contribution in [3.05, 3.63) is 18.9 Å². The maximum absolute atomic E-state index is 4.47. The highest BCUT2D eigenvalue weighted by Crippen LogP contribution is 2.08. The van der Waals surface area contributed by atoms with E-state index in [1.807, 2.05) is 0 Å². The van der Waals surface area contributed by atoms with Crippen LogP contribution in [0.15, 0.2) is 23.3 Å². The molecule has 0 N–H and O–H groups in total. The third-order valence-electron chi connectivity index (χ3n) is 0.347. The summed E-state index contributed by atoms with van der Waals surface area (Å²) in [5.41, 5.74) is 1.00. The summed E-state index contributed by atoms with van der Waals surface area (Å²) < 4.78 is 4.47. The Morgan fingerprint density at radius 1 is 0.812 bits per heavy atom. The lowest BCUT2D eigenvalue weighted by molar-refractivity contribution is 0.469. The minimum absolute atomic E-state index is 0. The van der Waals surface area contributed by atoms with Crippen molar-refractivity contribution in [2.45, 2.75) is 62.8 Å². The van der Waals surface area contributed by atoms with E-state index in [0.29, 0.717) is 10.8 Å². The Balaban J connectivity index is -0.000000154. The van der Waals surface area contributed by atoms with Gasteiger partial charge in [0.05, 0.1) is 6.20 Å². The monoisotopic (exact) mass is 229 g/mol.